The Balaban J connectivity index is 1.76. The molecule has 0 unspecified atom stereocenters. The van der Waals surface area contributed by atoms with Gasteiger partial charge in [-0.15, -0.1) is 0 Å². The Bertz CT molecular complexity index is 458. The summed E-state index contributed by atoms with van der Waals surface area (Å²) in [7, 11) is 3.74. The highest BCUT2D eigenvalue weighted by molar-refractivity contribution is 5.73. The van der Waals surface area contributed by atoms with Gasteiger partial charge in [0.25, 0.3) is 0 Å². The predicted octanol–water partition coefficient (Wildman–Crippen LogP) is 0.279. The number of urea groups is 1. The van der Waals surface area contributed by atoms with Crippen molar-refractivity contribution in [2.75, 3.05) is 58.4 Å². The molecule has 0 saturated carbocycles. The molecule has 0 spiro atoms. The largest absolute Gasteiger partial charge is 0.383 e. The molecule has 2 N–H and O–H groups in total. The van der Waals surface area contributed by atoms with Gasteiger partial charge in [0.05, 0.1) is 6.61 Å². The monoisotopic (exact) mass is 307 g/mol. The second-order valence-corrected chi connectivity index (χ2v) is 5.42. The molecule has 1 aliphatic rings. The van der Waals surface area contributed by atoms with E-state index in [2.05, 4.69) is 32.5 Å². The highest BCUT2D eigenvalue weighted by atomic mass is 16.5. The summed E-state index contributed by atoms with van der Waals surface area (Å²) >= 11 is 0. The van der Waals surface area contributed by atoms with E-state index in [0.29, 0.717) is 19.7 Å². The zero-order valence-electron chi connectivity index (χ0n) is 13.3. The SMILES string of the molecule is COCCNC(=O)NCc1ccc(N2CCN(C)CC2)nc1. The van der Waals surface area contributed by atoms with Gasteiger partial charge >= 0.3 is 6.03 Å². The maximum absolute atomic E-state index is 11.5. The molecule has 0 atom stereocenters. The average molecular weight is 307 g/mol. The van der Waals surface area contributed by atoms with Crippen LogP contribution in [0.3, 0.4) is 0 Å². The second kappa shape index (κ2) is 8.55. The Hall–Kier alpha value is -1.86. The van der Waals surface area contributed by atoms with Crippen LogP contribution in [0.5, 0.6) is 0 Å². The van der Waals surface area contributed by atoms with E-state index in [-0.39, 0.29) is 6.03 Å². The average Bonchev–Trinajstić information content (AvgIpc) is 2.54. The molecule has 1 aromatic heterocycles. The van der Waals surface area contributed by atoms with Crippen molar-refractivity contribution < 1.29 is 9.53 Å². The number of hydrogen-bond donors (Lipinski definition) is 2. The fourth-order valence-electron chi connectivity index (χ4n) is 2.26. The molecule has 0 aromatic carbocycles. The lowest BCUT2D eigenvalue weighted by Gasteiger charge is -2.33. The van der Waals surface area contributed by atoms with Gasteiger partial charge in [0, 0.05) is 52.6 Å². The fraction of sp³-hybridized carbons (Fsp3) is 0.600. The third-order valence-electron chi connectivity index (χ3n) is 3.68. The number of nitrogens with one attached hydrogen (secondary N) is 2. The molecule has 2 heterocycles. The number of carbonyl (C=O) groups excluding carboxylic acids is 1. The Kier molecular flexibility index (Phi) is 6.42. The Morgan fingerprint density at radius 3 is 2.68 bits per heavy atom. The summed E-state index contributed by atoms with van der Waals surface area (Å²) in [6.45, 7) is 5.61. The lowest BCUT2D eigenvalue weighted by molar-refractivity contribution is 0.196. The zero-order valence-corrected chi connectivity index (χ0v) is 13.3. The van der Waals surface area contributed by atoms with Crippen LogP contribution in [0.2, 0.25) is 0 Å². The van der Waals surface area contributed by atoms with E-state index in [9.17, 15) is 4.79 Å². The number of hydrogen-bond acceptors (Lipinski definition) is 5. The number of anilines is 1. The molecule has 1 fully saturated rings. The van der Waals surface area contributed by atoms with E-state index in [1.807, 2.05) is 18.3 Å². The van der Waals surface area contributed by atoms with E-state index >= 15 is 0 Å². The van der Waals surface area contributed by atoms with Gasteiger partial charge in [0.1, 0.15) is 5.82 Å². The number of amides is 2. The van der Waals surface area contributed by atoms with Gasteiger partial charge in [-0.1, -0.05) is 6.07 Å². The van der Waals surface area contributed by atoms with Crippen molar-refractivity contribution in [2.45, 2.75) is 6.54 Å². The Morgan fingerprint density at radius 1 is 1.27 bits per heavy atom. The molecule has 122 valence electrons. The van der Waals surface area contributed by atoms with Crippen LogP contribution < -0.4 is 15.5 Å². The first-order valence-electron chi connectivity index (χ1n) is 7.58. The first kappa shape index (κ1) is 16.5. The van der Waals surface area contributed by atoms with Gasteiger partial charge in [0.2, 0.25) is 0 Å². The van der Waals surface area contributed by atoms with E-state index < -0.39 is 0 Å². The van der Waals surface area contributed by atoms with Gasteiger partial charge < -0.3 is 25.2 Å². The van der Waals surface area contributed by atoms with Crippen LogP contribution >= 0.6 is 0 Å². The zero-order chi connectivity index (χ0) is 15.8. The molecule has 1 saturated heterocycles. The van der Waals surface area contributed by atoms with Crippen LogP contribution in [0, 0.1) is 0 Å². The van der Waals surface area contributed by atoms with Gasteiger partial charge in [0.15, 0.2) is 0 Å². The fourth-order valence-corrected chi connectivity index (χ4v) is 2.26. The van der Waals surface area contributed by atoms with Crippen molar-refractivity contribution in [2.24, 2.45) is 0 Å². The highest BCUT2D eigenvalue weighted by Gasteiger charge is 2.14. The molecule has 0 aliphatic carbocycles. The number of methoxy groups -OCH3 is 1. The molecule has 2 rings (SSSR count). The molecule has 1 aliphatic heterocycles. The molecular formula is C15H25N5O2. The van der Waals surface area contributed by atoms with Crippen molar-refractivity contribution in [1.82, 2.24) is 20.5 Å². The number of aromatic nitrogens is 1. The standard InChI is InChI=1S/C15H25N5O2/c1-19-6-8-20(9-7-19)14-4-3-13(11-17-14)12-18-15(21)16-5-10-22-2/h3-4,11H,5-10,12H2,1-2H3,(H2,16,18,21). The van der Waals surface area contributed by atoms with Crippen molar-refractivity contribution in [3.8, 4) is 0 Å². The van der Waals surface area contributed by atoms with Crippen LogP contribution in [-0.4, -0.2) is 69.4 Å². The van der Waals surface area contributed by atoms with E-state index in [1.165, 1.54) is 0 Å². The molecular weight excluding hydrogens is 282 g/mol. The van der Waals surface area contributed by atoms with Crippen molar-refractivity contribution in [3.63, 3.8) is 0 Å². The first-order chi connectivity index (χ1) is 10.7. The van der Waals surface area contributed by atoms with Crippen LogP contribution in [-0.2, 0) is 11.3 Å². The molecule has 1 aromatic rings. The number of piperazine rings is 1. The minimum atomic E-state index is -0.194. The van der Waals surface area contributed by atoms with Gasteiger partial charge in [-0.25, -0.2) is 9.78 Å². The number of ether oxygens (including phenoxy) is 1. The van der Waals surface area contributed by atoms with Crippen molar-refractivity contribution in [1.29, 1.82) is 0 Å². The van der Waals surface area contributed by atoms with Crippen molar-refractivity contribution in [3.05, 3.63) is 23.9 Å². The van der Waals surface area contributed by atoms with Crippen LogP contribution in [0.15, 0.2) is 18.3 Å². The first-order valence-corrected chi connectivity index (χ1v) is 7.58. The lowest BCUT2D eigenvalue weighted by Crippen LogP contribution is -2.44. The highest BCUT2D eigenvalue weighted by Crippen LogP contribution is 2.13. The maximum Gasteiger partial charge on any atom is 0.315 e. The summed E-state index contributed by atoms with van der Waals surface area (Å²) in [5, 5.41) is 5.51. The number of carbonyl (C=O) groups is 1. The summed E-state index contributed by atoms with van der Waals surface area (Å²) in [4.78, 5) is 20.6. The minimum absolute atomic E-state index is 0.194. The van der Waals surface area contributed by atoms with E-state index in [0.717, 1.165) is 37.6 Å². The predicted molar refractivity (Wildman–Crippen MR) is 86.1 cm³/mol. The number of likely N-dealkylation sites (N-methyl/N-ethyl adjacent to an activating group) is 1. The Labute approximate surface area is 131 Å². The number of nitrogens with zero attached hydrogens (tertiary/aromatic N) is 3. The molecule has 22 heavy (non-hydrogen) atoms. The summed E-state index contributed by atoms with van der Waals surface area (Å²) in [6.07, 6.45) is 1.82. The maximum atomic E-state index is 11.5. The third-order valence-corrected chi connectivity index (χ3v) is 3.68. The summed E-state index contributed by atoms with van der Waals surface area (Å²) < 4.78 is 4.87. The van der Waals surface area contributed by atoms with Crippen LogP contribution in [0.1, 0.15) is 5.56 Å². The van der Waals surface area contributed by atoms with E-state index in [4.69, 9.17) is 4.74 Å². The molecule has 7 nitrogen and oxygen atoms in total. The van der Waals surface area contributed by atoms with Crippen LogP contribution in [0.25, 0.3) is 0 Å². The Morgan fingerprint density at radius 2 is 2.05 bits per heavy atom. The smallest absolute Gasteiger partial charge is 0.315 e. The molecule has 2 amide bonds. The van der Waals surface area contributed by atoms with Crippen LogP contribution in [0.4, 0.5) is 10.6 Å². The topological polar surface area (TPSA) is 69.7 Å². The molecule has 0 radical (unpaired) electrons. The van der Waals surface area contributed by atoms with Gasteiger partial charge in [-0.2, -0.15) is 0 Å². The summed E-state index contributed by atoms with van der Waals surface area (Å²) in [5.74, 6) is 1.00. The normalized spacial score (nSPS) is 15.6. The van der Waals surface area contributed by atoms with E-state index in [1.54, 1.807) is 7.11 Å². The minimum Gasteiger partial charge on any atom is -0.383 e. The van der Waals surface area contributed by atoms with Gasteiger partial charge in [-0.05, 0) is 18.7 Å². The quantitative estimate of drug-likeness (QED) is 0.739. The lowest BCUT2D eigenvalue weighted by atomic mass is 10.2. The number of rotatable bonds is 6. The molecule has 7 heteroatoms. The van der Waals surface area contributed by atoms with Crippen molar-refractivity contribution >= 4 is 11.8 Å². The summed E-state index contributed by atoms with van der Waals surface area (Å²) in [6, 6.07) is 3.83. The second-order valence-electron chi connectivity index (χ2n) is 5.42. The third kappa shape index (κ3) is 5.16. The number of pyridine rings is 1. The molecule has 0 bridgehead atoms. The summed E-state index contributed by atoms with van der Waals surface area (Å²) in [5.41, 5.74) is 0.986. The van der Waals surface area contributed by atoms with Gasteiger partial charge in [-0.3, -0.25) is 0 Å².